The lowest BCUT2D eigenvalue weighted by atomic mass is 10.2. The van der Waals surface area contributed by atoms with Crippen molar-refractivity contribution in [3.63, 3.8) is 0 Å². The predicted octanol–water partition coefficient (Wildman–Crippen LogP) is 0.529. The number of nitrogens with zero attached hydrogens (tertiary/aromatic N) is 5. The minimum atomic E-state index is -0.611. The van der Waals surface area contributed by atoms with Crippen LogP contribution in [0.25, 0.3) is 16.9 Å². The molecule has 0 aliphatic carbocycles. The molecule has 0 aliphatic rings. The number of hydrogen-bond donors (Lipinski definition) is 1. The van der Waals surface area contributed by atoms with E-state index in [1.807, 2.05) is 30.3 Å². The third-order valence-electron chi connectivity index (χ3n) is 5.00. The number of allylic oxidation sites excluding steroid dienone is 1. The van der Waals surface area contributed by atoms with Crippen LogP contribution in [0.4, 0.5) is 0 Å². The summed E-state index contributed by atoms with van der Waals surface area (Å²) in [6, 6.07) is 9.29. The van der Waals surface area contributed by atoms with Crippen molar-refractivity contribution in [1.82, 2.24) is 23.1 Å². The monoisotopic (exact) mass is 393 g/mol. The fraction of sp³-hybridized carbons (Fsp3) is 0.200. The van der Waals surface area contributed by atoms with Crippen molar-refractivity contribution in [2.24, 2.45) is 14.1 Å². The number of aryl methyl sites for hydroxylation is 1. The second kappa shape index (κ2) is 6.62. The van der Waals surface area contributed by atoms with E-state index in [0.717, 1.165) is 10.1 Å². The fourth-order valence-electron chi connectivity index (χ4n) is 3.48. The first-order valence-corrected chi connectivity index (χ1v) is 8.94. The normalized spacial score (nSPS) is 11.4. The third kappa shape index (κ3) is 2.62. The van der Waals surface area contributed by atoms with Crippen LogP contribution < -0.4 is 16.8 Å². The Kier molecular flexibility index (Phi) is 4.22. The molecule has 0 saturated heterocycles. The number of aromatic hydroxyl groups is 1. The molecule has 29 heavy (non-hydrogen) atoms. The number of aromatic nitrogens is 5. The maximum atomic E-state index is 13.1. The highest BCUT2D eigenvalue weighted by Crippen LogP contribution is 2.22. The summed E-state index contributed by atoms with van der Waals surface area (Å²) in [6.45, 7) is 3.83. The van der Waals surface area contributed by atoms with Crippen LogP contribution in [-0.2, 0) is 27.1 Å². The second-order valence-corrected chi connectivity index (χ2v) is 6.80. The van der Waals surface area contributed by atoms with Crippen LogP contribution in [-0.4, -0.2) is 28.2 Å². The number of imidazole rings is 1. The molecule has 1 aromatic carbocycles. The van der Waals surface area contributed by atoms with Crippen molar-refractivity contribution < 1.29 is 5.11 Å². The number of benzene rings is 1. The summed E-state index contributed by atoms with van der Waals surface area (Å²) < 4.78 is 4.78. The molecule has 4 aromatic rings. The minimum absolute atomic E-state index is 0.0224. The van der Waals surface area contributed by atoms with Gasteiger partial charge in [0.15, 0.2) is 11.2 Å². The van der Waals surface area contributed by atoms with Crippen LogP contribution in [0.3, 0.4) is 0 Å². The van der Waals surface area contributed by atoms with Crippen molar-refractivity contribution in [2.45, 2.75) is 13.0 Å². The zero-order chi connectivity index (χ0) is 20.9. The molecular formula is C20H19N5O4. The zero-order valence-electron chi connectivity index (χ0n) is 16.0. The van der Waals surface area contributed by atoms with Gasteiger partial charge in [-0.3, -0.25) is 23.3 Å². The van der Waals surface area contributed by atoms with Gasteiger partial charge in [-0.2, -0.15) is 4.98 Å². The van der Waals surface area contributed by atoms with Gasteiger partial charge in [0.05, 0.1) is 12.1 Å². The largest absolute Gasteiger partial charge is 0.494 e. The lowest BCUT2D eigenvalue weighted by Gasteiger charge is -2.12. The lowest BCUT2D eigenvalue weighted by Crippen LogP contribution is -2.37. The van der Waals surface area contributed by atoms with Crippen LogP contribution in [0.5, 0.6) is 5.88 Å². The van der Waals surface area contributed by atoms with Gasteiger partial charge in [0.1, 0.15) is 0 Å². The molecule has 1 N–H and O–H groups in total. The van der Waals surface area contributed by atoms with E-state index >= 15 is 0 Å². The van der Waals surface area contributed by atoms with Crippen LogP contribution in [0.2, 0.25) is 0 Å². The Balaban J connectivity index is 2.23. The molecule has 3 heterocycles. The van der Waals surface area contributed by atoms with E-state index in [1.165, 1.54) is 33.7 Å². The summed E-state index contributed by atoms with van der Waals surface area (Å²) in [5.41, 5.74) is -0.538. The van der Waals surface area contributed by atoms with Gasteiger partial charge >= 0.3 is 5.69 Å². The molecule has 0 radical (unpaired) electrons. The van der Waals surface area contributed by atoms with Crippen molar-refractivity contribution in [1.29, 1.82) is 0 Å². The summed E-state index contributed by atoms with van der Waals surface area (Å²) in [4.78, 5) is 42.6. The topological polar surface area (TPSA) is 104 Å². The van der Waals surface area contributed by atoms with Crippen LogP contribution >= 0.6 is 0 Å². The number of hydrogen-bond acceptors (Lipinski definition) is 5. The molecule has 0 aliphatic heterocycles. The van der Waals surface area contributed by atoms with Crippen molar-refractivity contribution >= 4 is 16.9 Å². The first-order valence-electron chi connectivity index (χ1n) is 8.94. The maximum absolute atomic E-state index is 13.1. The SMILES string of the molecule is C=CCc1c(O)n2c3c(=O)n(C)c(=O)n(C)c3nc2n(Cc2ccccc2)c1=O. The third-order valence-corrected chi connectivity index (χ3v) is 5.00. The number of fused-ring (bicyclic) bond motifs is 3. The van der Waals surface area contributed by atoms with Crippen LogP contribution in [0, 0.1) is 0 Å². The molecule has 0 saturated carbocycles. The second-order valence-electron chi connectivity index (χ2n) is 6.80. The van der Waals surface area contributed by atoms with E-state index in [9.17, 15) is 19.5 Å². The van der Waals surface area contributed by atoms with Crippen molar-refractivity contribution in [3.05, 3.63) is 85.3 Å². The standard InChI is InChI=1S/C20H19N5O4/c1-4-8-13-16(26)24(11-12-9-6-5-7-10-12)19-21-15-14(25(19)17(13)27)18(28)23(3)20(29)22(15)2/h4-7,9-10,27H,1,8,11H2,2-3H3. The molecule has 0 fully saturated rings. The van der Waals surface area contributed by atoms with Crippen LogP contribution in [0.15, 0.2) is 57.4 Å². The summed E-state index contributed by atoms with van der Waals surface area (Å²) >= 11 is 0. The first kappa shape index (κ1) is 18.5. The molecule has 0 unspecified atom stereocenters. The molecule has 4 rings (SSSR count). The predicted molar refractivity (Wildman–Crippen MR) is 109 cm³/mol. The summed E-state index contributed by atoms with van der Waals surface area (Å²) in [5, 5.41) is 10.8. The van der Waals surface area contributed by atoms with Gasteiger partial charge in [0, 0.05) is 20.5 Å². The Morgan fingerprint density at radius 3 is 2.41 bits per heavy atom. The Morgan fingerprint density at radius 2 is 1.76 bits per heavy atom. The van der Waals surface area contributed by atoms with Gasteiger partial charge in [0.25, 0.3) is 11.1 Å². The smallest absolute Gasteiger partial charge is 0.332 e. The Morgan fingerprint density at radius 1 is 1.07 bits per heavy atom. The Labute approximate surface area is 164 Å². The molecule has 3 aromatic heterocycles. The van der Waals surface area contributed by atoms with E-state index in [4.69, 9.17) is 0 Å². The minimum Gasteiger partial charge on any atom is -0.494 e. The Bertz CT molecular complexity index is 1450. The molecule has 0 spiro atoms. The maximum Gasteiger partial charge on any atom is 0.332 e. The molecule has 9 nitrogen and oxygen atoms in total. The van der Waals surface area contributed by atoms with Gasteiger partial charge in [-0.1, -0.05) is 36.4 Å². The van der Waals surface area contributed by atoms with E-state index in [1.54, 1.807) is 0 Å². The van der Waals surface area contributed by atoms with Crippen molar-refractivity contribution in [2.75, 3.05) is 0 Å². The van der Waals surface area contributed by atoms with Crippen LogP contribution in [0.1, 0.15) is 11.1 Å². The number of rotatable bonds is 4. The molecule has 0 amide bonds. The highest BCUT2D eigenvalue weighted by Gasteiger charge is 2.23. The molecule has 148 valence electrons. The molecule has 0 bridgehead atoms. The van der Waals surface area contributed by atoms with Gasteiger partial charge < -0.3 is 5.11 Å². The average Bonchev–Trinajstić information content (AvgIpc) is 3.13. The van der Waals surface area contributed by atoms with E-state index in [-0.39, 0.29) is 41.4 Å². The summed E-state index contributed by atoms with van der Waals surface area (Å²) in [5.74, 6) is -0.301. The highest BCUT2D eigenvalue weighted by molar-refractivity contribution is 5.76. The van der Waals surface area contributed by atoms with Gasteiger partial charge in [0.2, 0.25) is 11.7 Å². The average molecular weight is 393 g/mol. The zero-order valence-corrected chi connectivity index (χ0v) is 16.0. The first-order chi connectivity index (χ1) is 13.9. The van der Waals surface area contributed by atoms with Gasteiger partial charge in [-0.25, -0.2) is 9.20 Å². The Hall–Kier alpha value is -3.88. The van der Waals surface area contributed by atoms with E-state index in [0.29, 0.717) is 0 Å². The molecule has 9 heteroatoms. The molecular weight excluding hydrogens is 374 g/mol. The fourth-order valence-corrected chi connectivity index (χ4v) is 3.48. The molecule has 0 atom stereocenters. The lowest BCUT2D eigenvalue weighted by molar-refractivity contribution is 0.436. The van der Waals surface area contributed by atoms with E-state index < -0.39 is 16.8 Å². The quantitative estimate of drug-likeness (QED) is 0.510. The van der Waals surface area contributed by atoms with Gasteiger partial charge in [-0.05, 0) is 5.56 Å². The highest BCUT2D eigenvalue weighted by atomic mass is 16.3. The summed E-state index contributed by atoms with van der Waals surface area (Å²) in [7, 11) is 2.84. The van der Waals surface area contributed by atoms with Gasteiger partial charge in [-0.15, -0.1) is 6.58 Å². The van der Waals surface area contributed by atoms with Crippen molar-refractivity contribution in [3.8, 4) is 5.88 Å². The van der Waals surface area contributed by atoms with E-state index in [2.05, 4.69) is 11.6 Å². The summed E-state index contributed by atoms with van der Waals surface area (Å²) in [6.07, 6.45) is 1.61.